The maximum absolute atomic E-state index is 11.3. The van der Waals surface area contributed by atoms with Gasteiger partial charge in [0.15, 0.2) is 0 Å². The first-order valence-electron chi connectivity index (χ1n) is 4.78. The van der Waals surface area contributed by atoms with E-state index in [2.05, 4.69) is 11.6 Å². The van der Waals surface area contributed by atoms with E-state index in [-0.39, 0.29) is 5.91 Å². The second-order valence-corrected chi connectivity index (χ2v) is 4.27. The maximum Gasteiger partial charge on any atom is 0.240 e. The summed E-state index contributed by atoms with van der Waals surface area (Å²) in [5.41, 5.74) is 7.49. The van der Waals surface area contributed by atoms with E-state index in [0.717, 1.165) is 11.4 Å². The highest BCUT2D eigenvalue weighted by atomic mass is 32.2. The molecule has 0 aliphatic rings. The van der Waals surface area contributed by atoms with Gasteiger partial charge in [-0.15, -0.1) is 0 Å². The van der Waals surface area contributed by atoms with Crippen LogP contribution >= 0.6 is 11.8 Å². The molecule has 3 N–H and O–H groups in total. The second kappa shape index (κ2) is 5.78. The summed E-state index contributed by atoms with van der Waals surface area (Å²) in [6.45, 7) is 1.66. The van der Waals surface area contributed by atoms with Gasteiger partial charge in [0, 0.05) is 11.4 Å². The number of thioether (sulfide) groups is 1. The second-order valence-electron chi connectivity index (χ2n) is 3.41. The molecule has 0 aliphatic heterocycles. The van der Waals surface area contributed by atoms with Gasteiger partial charge in [-0.3, -0.25) is 4.79 Å². The van der Waals surface area contributed by atoms with Crippen LogP contribution in [-0.2, 0) is 10.5 Å². The molecule has 0 radical (unpaired) electrons. The Labute approximate surface area is 94.4 Å². The number of carbonyl (C=O) groups is 1. The Kier molecular flexibility index (Phi) is 4.65. The number of hydrogen-bond acceptors (Lipinski definition) is 3. The van der Waals surface area contributed by atoms with Crippen LogP contribution < -0.4 is 11.1 Å². The van der Waals surface area contributed by atoms with Crippen molar-refractivity contribution in [2.75, 3.05) is 11.6 Å². The van der Waals surface area contributed by atoms with E-state index < -0.39 is 6.04 Å². The Balaban J connectivity index is 2.60. The summed E-state index contributed by atoms with van der Waals surface area (Å²) in [7, 11) is 0. The molecule has 82 valence electrons. The Morgan fingerprint density at radius 3 is 2.53 bits per heavy atom. The van der Waals surface area contributed by atoms with Gasteiger partial charge in [-0.05, 0) is 30.9 Å². The van der Waals surface area contributed by atoms with Crippen molar-refractivity contribution in [1.82, 2.24) is 0 Å². The molecule has 0 fully saturated rings. The molecule has 4 heteroatoms. The lowest BCUT2D eigenvalue weighted by atomic mass is 10.2. The molecule has 1 aromatic rings. The number of nitrogens with two attached hydrogens (primary N) is 1. The minimum atomic E-state index is -0.476. The van der Waals surface area contributed by atoms with Gasteiger partial charge in [0.2, 0.25) is 5.91 Å². The molecule has 15 heavy (non-hydrogen) atoms. The Morgan fingerprint density at radius 1 is 1.47 bits per heavy atom. The molecule has 0 spiro atoms. The van der Waals surface area contributed by atoms with Crippen LogP contribution in [0.1, 0.15) is 12.5 Å². The van der Waals surface area contributed by atoms with Gasteiger partial charge in [-0.25, -0.2) is 0 Å². The van der Waals surface area contributed by atoms with E-state index in [1.807, 2.05) is 24.3 Å². The number of carbonyl (C=O) groups excluding carboxylic acids is 1. The van der Waals surface area contributed by atoms with Crippen molar-refractivity contribution in [2.24, 2.45) is 5.73 Å². The minimum Gasteiger partial charge on any atom is -0.325 e. The van der Waals surface area contributed by atoms with Crippen LogP contribution in [0.15, 0.2) is 24.3 Å². The monoisotopic (exact) mass is 224 g/mol. The molecular formula is C11H16N2OS. The third-order valence-electron chi connectivity index (χ3n) is 1.95. The quantitative estimate of drug-likeness (QED) is 0.820. The summed E-state index contributed by atoms with van der Waals surface area (Å²) < 4.78 is 0. The van der Waals surface area contributed by atoms with Gasteiger partial charge in [0.1, 0.15) is 0 Å². The lowest BCUT2D eigenvalue weighted by molar-refractivity contribution is -0.117. The van der Waals surface area contributed by atoms with E-state index >= 15 is 0 Å². The number of amides is 1. The van der Waals surface area contributed by atoms with Crippen LogP contribution in [0, 0.1) is 0 Å². The third-order valence-corrected chi connectivity index (χ3v) is 2.57. The average Bonchev–Trinajstić information content (AvgIpc) is 2.21. The Morgan fingerprint density at radius 2 is 2.07 bits per heavy atom. The van der Waals surface area contributed by atoms with E-state index in [4.69, 9.17) is 5.73 Å². The summed E-state index contributed by atoms with van der Waals surface area (Å²) in [4.78, 5) is 11.3. The lowest BCUT2D eigenvalue weighted by Gasteiger charge is -2.08. The summed E-state index contributed by atoms with van der Waals surface area (Å²) >= 11 is 1.77. The zero-order valence-electron chi connectivity index (χ0n) is 8.99. The van der Waals surface area contributed by atoms with E-state index in [0.29, 0.717) is 0 Å². The van der Waals surface area contributed by atoms with Crippen molar-refractivity contribution >= 4 is 23.4 Å². The number of nitrogens with one attached hydrogen (secondary N) is 1. The molecule has 0 aromatic heterocycles. The lowest BCUT2D eigenvalue weighted by Crippen LogP contribution is -2.32. The molecule has 1 rings (SSSR count). The first-order valence-corrected chi connectivity index (χ1v) is 6.17. The molecule has 0 bridgehead atoms. The standard InChI is InChI=1S/C11H16N2OS/c1-8(12)11(14)13-10-5-3-9(4-6-10)7-15-2/h3-6,8H,7,12H2,1-2H3,(H,13,14). The zero-order chi connectivity index (χ0) is 11.3. The summed E-state index contributed by atoms with van der Waals surface area (Å²) in [6.07, 6.45) is 2.06. The zero-order valence-corrected chi connectivity index (χ0v) is 9.80. The van der Waals surface area contributed by atoms with Crippen LogP contribution in [0.3, 0.4) is 0 Å². The van der Waals surface area contributed by atoms with Crippen molar-refractivity contribution in [2.45, 2.75) is 18.7 Å². The molecular weight excluding hydrogens is 208 g/mol. The molecule has 1 atom stereocenters. The van der Waals surface area contributed by atoms with Crippen molar-refractivity contribution in [1.29, 1.82) is 0 Å². The maximum atomic E-state index is 11.3. The van der Waals surface area contributed by atoms with Crippen LogP contribution in [0.2, 0.25) is 0 Å². The van der Waals surface area contributed by atoms with Crippen molar-refractivity contribution in [3.05, 3.63) is 29.8 Å². The fraction of sp³-hybridized carbons (Fsp3) is 0.364. The van der Waals surface area contributed by atoms with Crippen molar-refractivity contribution in [3.63, 3.8) is 0 Å². The van der Waals surface area contributed by atoms with Gasteiger partial charge in [0.25, 0.3) is 0 Å². The molecule has 1 unspecified atom stereocenters. The number of anilines is 1. The summed E-state index contributed by atoms with van der Waals surface area (Å²) in [6, 6.07) is 7.33. The van der Waals surface area contributed by atoms with Crippen LogP contribution in [0.5, 0.6) is 0 Å². The normalized spacial score (nSPS) is 12.2. The average molecular weight is 224 g/mol. The predicted octanol–water partition coefficient (Wildman–Crippen LogP) is 1.84. The predicted molar refractivity (Wildman–Crippen MR) is 65.9 cm³/mol. The molecule has 1 aromatic carbocycles. The Hall–Kier alpha value is -1.00. The summed E-state index contributed by atoms with van der Waals surface area (Å²) in [5, 5.41) is 2.74. The van der Waals surface area contributed by atoms with E-state index in [1.165, 1.54) is 5.56 Å². The summed E-state index contributed by atoms with van der Waals surface area (Å²) in [5.74, 6) is 0.828. The Bertz CT molecular complexity index is 322. The fourth-order valence-electron chi connectivity index (χ4n) is 1.11. The van der Waals surface area contributed by atoms with E-state index in [1.54, 1.807) is 18.7 Å². The van der Waals surface area contributed by atoms with Crippen molar-refractivity contribution < 1.29 is 4.79 Å². The van der Waals surface area contributed by atoms with E-state index in [9.17, 15) is 4.79 Å². The highest BCUT2D eigenvalue weighted by molar-refractivity contribution is 7.97. The molecule has 1 amide bonds. The highest BCUT2D eigenvalue weighted by Gasteiger charge is 2.06. The SMILES string of the molecule is CSCc1ccc(NC(=O)C(C)N)cc1. The van der Waals surface area contributed by atoms with Crippen molar-refractivity contribution in [3.8, 4) is 0 Å². The molecule has 3 nitrogen and oxygen atoms in total. The van der Waals surface area contributed by atoms with Gasteiger partial charge in [-0.2, -0.15) is 11.8 Å². The fourth-order valence-corrected chi connectivity index (χ4v) is 1.63. The van der Waals surface area contributed by atoms with Crippen LogP contribution in [0.25, 0.3) is 0 Å². The van der Waals surface area contributed by atoms with Gasteiger partial charge >= 0.3 is 0 Å². The van der Waals surface area contributed by atoms with Crippen LogP contribution in [-0.4, -0.2) is 18.2 Å². The third kappa shape index (κ3) is 3.93. The number of benzene rings is 1. The first kappa shape index (κ1) is 12.1. The number of rotatable bonds is 4. The first-order chi connectivity index (χ1) is 7.13. The molecule has 0 aliphatic carbocycles. The molecule has 0 saturated heterocycles. The van der Waals surface area contributed by atoms with Gasteiger partial charge in [0.05, 0.1) is 6.04 Å². The van der Waals surface area contributed by atoms with Crippen LogP contribution in [0.4, 0.5) is 5.69 Å². The minimum absolute atomic E-state index is 0.160. The largest absolute Gasteiger partial charge is 0.325 e. The van der Waals surface area contributed by atoms with Gasteiger partial charge in [-0.1, -0.05) is 12.1 Å². The molecule has 0 heterocycles. The highest BCUT2D eigenvalue weighted by Crippen LogP contribution is 2.13. The van der Waals surface area contributed by atoms with Gasteiger partial charge < -0.3 is 11.1 Å². The molecule has 0 saturated carbocycles. The smallest absolute Gasteiger partial charge is 0.240 e. The number of hydrogen-bond donors (Lipinski definition) is 2. The topological polar surface area (TPSA) is 55.1 Å².